The molecule has 0 atom stereocenters. The monoisotopic (exact) mass is 278 g/mol. The molecule has 0 heteroatoms. The molecule has 0 unspecified atom stereocenters. The number of rotatable bonds is 3. The highest BCUT2D eigenvalue weighted by Crippen LogP contribution is 2.26. The molecule has 0 spiro atoms. The van der Waals surface area contributed by atoms with Gasteiger partial charge in [-0.25, -0.2) is 0 Å². The molecule has 0 bridgehead atoms. The van der Waals surface area contributed by atoms with Gasteiger partial charge in [0.05, 0.1) is 0 Å². The SMILES string of the molecule is C/C=C/C=C\C=C/C1C(C)=CC=C1C.Cc1ccccc1. The lowest BCUT2D eigenvalue weighted by molar-refractivity contribution is 0.917. The summed E-state index contributed by atoms with van der Waals surface area (Å²) in [6.07, 6.45) is 16.9. The van der Waals surface area contributed by atoms with E-state index in [1.807, 2.05) is 43.4 Å². The molecular weight excluding hydrogens is 252 g/mol. The number of hydrogen-bond acceptors (Lipinski definition) is 0. The lowest BCUT2D eigenvalue weighted by Crippen LogP contribution is -1.94. The molecule has 0 saturated heterocycles. The van der Waals surface area contributed by atoms with Gasteiger partial charge in [-0.05, 0) is 27.7 Å². The lowest BCUT2D eigenvalue weighted by atomic mass is 9.97. The Kier molecular flexibility index (Phi) is 7.89. The summed E-state index contributed by atoms with van der Waals surface area (Å²) in [6.45, 7) is 8.46. The third kappa shape index (κ3) is 6.76. The number of aryl methyl sites for hydroxylation is 1. The maximum atomic E-state index is 2.24. The van der Waals surface area contributed by atoms with E-state index in [0.717, 1.165) is 0 Å². The highest BCUT2D eigenvalue weighted by molar-refractivity contribution is 5.36. The normalized spacial score (nSPS) is 15.4. The molecule has 1 aromatic carbocycles. The zero-order valence-electron chi connectivity index (χ0n) is 13.6. The molecule has 1 aromatic rings. The molecule has 0 aliphatic heterocycles. The summed E-state index contributed by atoms with van der Waals surface area (Å²) in [5.74, 6) is 0.519. The van der Waals surface area contributed by atoms with Gasteiger partial charge in [0.15, 0.2) is 0 Å². The Morgan fingerprint density at radius 2 is 1.33 bits per heavy atom. The van der Waals surface area contributed by atoms with Crippen LogP contribution in [0.2, 0.25) is 0 Å². The maximum absolute atomic E-state index is 2.24. The molecule has 0 amide bonds. The molecule has 0 nitrogen and oxygen atoms in total. The molecule has 0 N–H and O–H groups in total. The summed E-state index contributed by atoms with van der Waals surface area (Å²) in [7, 11) is 0. The van der Waals surface area contributed by atoms with E-state index in [0.29, 0.717) is 5.92 Å². The molecule has 0 aromatic heterocycles. The van der Waals surface area contributed by atoms with Crippen LogP contribution in [0.3, 0.4) is 0 Å². The Morgan fingerprint density at radius 3 is 1.81 bits per heavy atom. The highest BCUT2D eigenvalue weighted by atomic mass is 14.2. The first-order valence-corrected chi connectivity index (χ1v) is 7.48. The molecule has 21 heavy (non-hydrogen) atoms. The van der Waals surface area contributed by atoms with E-state index >= 15 is 0 Å². The summed E-state index contributed by atoms with van der Waals surface area (Å²) in [4.78, 5) is 0. The minimum Gasteiger partial charge on any atom is -0.0877 e. The van der Waals surface area contributed by atoms with Crippen LogP contribution in [0, 0.1) is 12.8 Å². The van der Waals surface area contributed by atoms with Crippen molar-refractivity contribution >= 4 is 0 Å². The third-order valence-electron chi connectivity index (χ3n) is 3.36. The molecule has 1 aliphatic rings. The lowest BCUT2D eigenvalue weighted by Gasteiger charge is -2.07. The second-order valence-electron chi connectivity index (χ2n) is 5.25. The number of benzene rings is 1. The van der Waals surface area contributed by atoms with Gasteiger partial charge in [-0.15, -0.1) is 0 Å². The Morgan fingerprint density at radius 1 is 0.762 bits per heavy atom. The van der Waals surface area contributed by atoms with Crippen LogP contribution < -0.4 is 0 Å². The van der Waals surface area contributed by atoms with Gasteiger partial charge < -0.3 is 0 Å². The van der Waals surface area contributed by atoms with Gasteiger partial charge >= 0.3 is 0 Å². The van der Waals surface area contributed by atoms with Crippen LogP contribution >= 0.6 is 0 Å². The number of hydrogen-bond donors (Lipinski definition) is 0. The zero-order valence-corrected chi connectivity index (χ0v) is 13.6. The molecule has 2 rings (SSSR count). The second-order valence-corrected chi connectivity index (χ2v) is 5.25. The van der Waals surface area contributed by atoms with E-state index < -0.39 is 0 Å². The Bertz CT molecular complexity index is 533. The summed E-state index contributed by atoms with van der Waals surface area (Å²) in [6, 6.07) is 10.3. The molecule has 110 valence electrons. The first-order chi connectivity index (χ1) is 10.1. The van der Waals surface area contributed by atoms with Gasteiger partial charge in [0, 0.05) is 5.92 Å². The van der Waals surface area contributed by atoms with Crippen molar-refractivity contribution in [2.75, 3.05) is 0 Å². The van der Waals surface area contributed by atoms with Crippen molar-refractivity contribution in [2.45, 2.75) is 27.7 Å². The van der Waals surface area contributed by atoms with Crippen LogP contribution in [0.4, 0.5) is 0 Å². The Hall–Kier alpha value is -2.08. The van der Waals surface area contributed by atoms with E-state index in [1.54, 1.807) is 0 Å². The van der Waals surface area contributed by atoms with Crippen molar-refractivity contribution in [1.29, 1.82) is 0 Å². The molecule has 0 heterocycles. The largest absolute Gasteiger partial charge is 0.0877 e. The van der Waals surface area contributed by atoms with E-state index in [1.165, 1.54) is 16.7 Å². The van der Waals surface area contributed by atoms with Gasteiger partial charge in [-0.3, -0.25) is 0 Å². The molecule has 1 aliphatic carbocycles. The smallest absolute Gasteiger partial charge is 0.0190 e. The minimum absolute atomic E-state index is 0.519. The highest BCUT2D eigenvalue weighted by Gasteiger charge is 2.12. The summed E-state index contributed by atoms with van der Waals surface area (Å²) < 4.78 is 0. The topological polar surface area (TPSA) is 0 Å². The van der Waals surface area contributed by atoms with E-state index in [2.05, 4.69) is 63.3 Å². The van der Waals surface area contributed by atoms with Gasteiger partial charge in [-0.2, -0.15) is 0 Å². The van der Waals surface area contributed by atoms with Gasteiger partial charge in [-0.1, -0.05) is 95.6 Å². The summed E-state index contributed by atoms with van der Waals surface area (Å²) in [5, 5.41) is 0. The first-order valence-electron chi connectivity index (χ1n) is 7.48. The minimum atomic E-state index is 0.519. The van der Waals surface area contributed by atoms with Crippen molar-refractivity contribution < 1.29 is 0 Å². The summed E-state index contributed by atoms with van der Waals surface area (Å²) >= 11 is 0. The fourth-order valence-electron chi connectivity index (χ4n) is 2.08. The van der Waals surface area contributed by atoms with Crippen LogP contribution in [-0.4, -0.2) is 0 Å². The van der Waals surface area contributed by atoms with Gasteiger partial charge in [0.25, 0.3) is 0 Å². The maximum Gasteiger partial charge on any atom is 0.0190 e. The van der Waals surface area contributed by atoms with Crippen molar-refractivity contribution in [3.05, 3.63) is 95.6 Å². The average molecular weight is 278 g/mol. The first kappa shape index (κ1) is 17.0. The second kappa shape index (κ2) is 9.77. The third-order valence-corrected chi connectivity index (χ3v) is 3.36. The fraction of sp³-hybridized carbons (Fsp3) is 0.238. The van der Waals surface area contributed by atoms with Crippen LogP contribution in [0.25, 0.3) is 0 Å². The molecular formula is C21H26. The fourth-order valence-corrected chi connectivity index (χ4v) is 2.08. The summed E-state index contributed by atoms with van der Waals surface area (Å²) in [5.41, 5.74) is 4.18. The van der Waals surface area contributed by atoms with E-state index in [4.69, 9.17) is 0 Å². The van der Waals surface area contributed by atoms with E-state index in [9.17, 15) is 0 Å². The number of allylic oxidation sites excluding steroid dienone is 10. The van der Waals surface area contributed by atoms with E-state index in [-0.39, 0.29) is 0 Å². The average Bonchev–Trinajstić information content (AvgIpc) is 2.80. The Balaban J connectivity index is 0.000000262. The Labute approximate surface area is 129 Å². The van der Waals surface area contributed by atoms with Crippen molar-refractivity contribution in [1.82, 2.24) is 0 Å². The van der Waals surface area contributed by atoms with Crippen molar-refractivity contribution in [3.63, 3.8) is 0 Å². The quantitative estimate of drug-likeness (QED) is 0.578. The van der Waals surface area contributed by atoms with Crippen molar-refractivity contribution in [2.24, 2.45) is 5.92 Å². The predicted molar refractivity (Wildman–Crippen MR) is 95.3 cm³/mol. The van der Waals surface area contributed by atoms with Crippen LogP contribution in [0.5, 0.6) is 0 Å². The van der Waals surface area contributed by atoms with Gasteiger partial charge in [0.1, 0.15) is 0 Å². The van der Waals surface area contributed by atoms with Crippen LogP contribution in [-0.2, 0) is 0 Å². The van der Waals surface area contributed by atoms with Crippen LogP contribution in [0.1, 0.15) is 26.3 Å². The molecule has 0 radical (unpaired) electrons. The van der Waals surface area contributed by atoms with Gasteiger partial charge in [0.2, 0.25) is 0 Å². The standard InChI is InChI=1S/C14H18.C7H8/c1-4-5-6-7-8-9-14-12(2)10-11-13(14)3;1-7-5-3-2-4-6-7/h4-11,14H,1-3H3;2-6H,1H3/b5-4+,7-6-,9-8-;. The van der Waals surface area contributed by atoms with Crippen LogP contribution in [0.15, 0.2) is 90.1 Å². The molecule has 0 saturated carbocycles. The molecule has 0 fully saturated rings. The zero-order chi connectivity index (χ0) is 15.5. The van der Waals surface area contributed by atoms with Crippen molar-refractivity contribution in [3.8, 4) is 0 Å². The predicted octanol–water partition coefficient (Wildman–Crippen LogP) is 6.19.